The second kappa shape index (κ2) is 6.11. The quantitative estimate of drug-likeness (QED) is 0.499. The molecule has 4 N–H and O–H groups in total. The molecule has 0 aliphatic rings. The molecular formula is C10H11N3O4. The lowest BCUT2D eigenvalue weighted by Gasteiger charge is -2.03. The van der Waals surface area contributed by atoms with Gasteiger partial charge < -0.3 is 15.6 Å². The maximum absolute atomic E-state index is 10.3. The minimum Gasteiger partial charge on any atom is -0.482 e. The number of hydrazone groups is 1. The summed E-state index contributed by atoms with van der Waals surface area (Å²) in [5.41, 5.74) is 7.49. The molecule has 0 bridgehead atoms. The van der Waals surface area contributed by atoms with E-state index >= 15 is 0 Å². The molecule has 17 heavy (non-hydrogen) atoms. The largest absolute Gasteiger partial charge is 0.482 e. The van der Waals surface area contributed by atoms with Gasteiger partial charge in [0, 0.05) is 0 Å². The molecule has 7 heteroatoms. The van der Waals surface area contributed by atoms with Crippen molar-refractivity contribution in [1.29, 1.82) is 0 Å². The molecule has 0 aromatic heterocycles. The van der Waals surface area contributed by atoms with Gasteiger partial charge in [-0.05, 0) is 17.7 Å². The first-order valence-corrected chi connectivity index (χ1v) is 4.61. The highest BCUT2D eigenvalue weighted by molar-refractivity contribution is 5.82. The van der Waals surface area contributed by atoms with Gasteiger partial charge in [-0.25, -0.2) is 15.0 Å². The first-order chi connectivity index (χ1) is 8.08. The van der Waals surface area contributed by atoms with Crippen LogP contribution in [0.15, 0.2) is 29.4 Å². The number of benzene rings is 1. The topological polar surface area (TPSA) is 114 Å². The number of aliphatic carboxylic acids is 1. The predicted molar refractivity (Wildman–Crippen MR) is 59.9 cm³/mol. The van der Waals surface area contributed by atoms with Crippen LogP contribution in [0.4, 0.5) is 4.79 Å². The number of nitrogens with one attached hydrogen (secondary N) is 1. The van der Waals surface area contributed by atoms with Gasteiger partial charge in [0.15, 0.2) is 6.61 Å². The summed E-state index contributed by atoms with van der Waals surface area (Å²) < 4.78 is 4.96. The molecule has 0 heterocycles. The normalized spacial score (nSPS) is 10.1. The minimum atomic E-state index is -1.06. The molecule has 0 spiro atoms. The summed E-state index contributed by atoms with van der Waals surface area (Å²) in [6.07, 6.45) is 1.36. The van der Waals surface area contributed by atoms with Crippen LogP contribution in [0.3, 0.4) is 0 Å². The summed E-state index contributed by atoms with van der Waals surface area (Å²) in [4.78, 5) is 20.6. The van der Waals surface area contributed by atoms with Crippen LogP contribution in [-0.4, -0.2) is 29.9 Å². The van der Waals surface area contributed by atoms with Gasteiger partial charge in [0.1, 0.15) is 5.75 Å². The number of nitrogens with zero attached hydrogens (tertiary/aromatic N) is 1. The number of carboxylic acids is 1. The zero-order chi connectivity index (χ0) is 12.7. The maximum Gasteiger partial charge on any atom is 0.341 e. The number of carbonyl (C=O) groups is 2. The Morgan fingerprint density at radius 1 is 1.53 bits per heavy atom. The van der Waals surface area contributed by atoms with Crippen LogP contribution in [0.25, 0.3) is 0 Å². The van der Waals surface area contributed by atoms with E-state index in [0.29, 0.717) is 11.3 Å². The van der Waals surface area contributed by atoms with Gasteiger partial charge in [-0.2, -0.15) is 5.10 Å². The first kappa shape index (κ1) is 12.5. The Hall–Kier alpha value is -2.57. The average molecular weight is 237 g/mol. The van der Waals surface area contributed by atoms with Crippen molar-refractivity contribution in [2.24, 2.45) is 10.8 Å². The highest BCUT2D eigenvalue weighted by atomic mass is 16.5. The van der Waals surface area contributed by atoms with Gasteiger partial charge in [0.2, 0.25) is 0 Å². The number of primary amides is 1. The Labute approximate surface area is 96.9 Å². The van der Waals surface area contributed by atoms with E-state index in [0.717, 1.165) is 0 Å². The fourth-order valence-corrected chi connectivity index (χ4v) is 1.00. The lowest BCUT2D eigenvalue weighted by atomic mass is 10.2. The van der Waals surface area contributed by atoms with Gasteiger partial charge in [-0.1, -0.05) is 12.1 Å². The number of carbonyl (C=O) groups excluding carboxylic acids is 1. The van der Waals surface area contributed by atoms with Crippen molar-refractivity contribution in [2.75, 3.05) is 6.61 Å². The zero-order valence-electron chi connectivity index (χ0n) is 8.79. The van der Waals surface area contributed by atoms with Gasteiger partial charge in [-0.3, -0.25) is 0 Å². The van der Waals surface area contributed by atoms with E-state index in [1.807, 2.05) is 5.43 Å². The number of ether oxygens (including phenoxy) is 1. The van der Waals surface area contributed by atoms with Crippen molar-refractivity contribution in [2.45, 2.75) is 0 Å². The lowest BCUT2D eigenvalue weighted by molar-refractivity contribution is -0.139. The zero-order valence-corrected chi connectivity index (χ0v) is 8.79. The smallest absolute Gasteiger partial charge is 0.341 e. The number of rotatable bonds is 5. The van der Waals surface area contributed by atoms with Gasteiger partial charge >= 0.3 is 12.0 Å². The van der Waals surface area contributed by atoms with E-state index in [9.17, 15) is 9.59 Å². The van der Waals surface area contributed by atoms with E-state index in [2.05, 4.69) is 5.10 Å². The van der Waals surface area contributed by atoms with Crippen molar-refractivity contribution in [3.05, 3.63) is 29.8 Å². The molecule has 0 aliphatic heterocycles. The summed E-state index contributed by atoms with van der Waals surface area (Å²) in [7, 11) is 0. The monoisotopic (exact) mass is 237 g/mol. The van der Waals surface area contributed by atoms with Crippen LogP contribution >= 0.6 is 0 Å². The van der Waals surface area contributed by atoms with Crippen LogP contribution in [-0.2, 0) is 4.79 Å². The van der Waals surface area contributed by atoms with Crippen LogP contribution in [0.2, 0.25) is 0 Å². The van der Waals surface area contributed by atoms with Crippen molar-refractivity contribution in [1.82, 2.24) is 5.43 Å². The summed E-state index contributed by atoms with van der Waals surface area (Å²) >= 11 is 0. The lowest BCUT2D eigenvalue weighted by Crippen LogP contribution is -2.24. The number of hydrogen-bond acceptors (Lipinski definition) is 4. The predicted octanol–water partition coefficient (Wildman–Crippen LogP) is 0.152. The van der Waals surface area contributed by atoms with Crippen LogP contribution < -0.4 is 15.9 Å². The molecule has 1 aromatic rings. The molecule has 0 saturated carbocycles. The third-order valence-electron chi connectivity index (χ3n) is 1.61. The highest BCUT2D eigenvalue weighted by Crippen LogP contribution is 2.11. The van der Waals surface area contributed by atoms with Crippen LogP contribution in [0, 0.1) is 0 Å². The third-order valence-corrected chi connectivity index (χ3v) is 1.61. The number of urea groups is 1. The van der Waals surface area contributed by atoms with Gasteiger partial charge in [-0.15, -0.1) is 0 Å². The molecular weight excluding hydrogens is 226 g/mol. The van der Waals surface area contributed by atoms with Gasteiger partial charge in [0.05, 0.1) is 6.21 Å². The SMILES string of the molecule is NC(=O)N/N=C\c1cccc(OCC(=O)O)c1. The first-order valence-electron chi connectivity index (χ1n) is 4.61. The molecule has 90 valence electrons. The Kier molecular flexibility index (Phi) is 4.49. The van der Waals surface area contributed by atoms with Crippen molar-refractivity contribution >= 4 is 18.2 Å². The summed E-state index contributed by atoms with van der Waals surface area (Å²) in [6, 6.07) is 5.80. The van der Waals surface area contributed by atoms with Crippen molar-refractivity contribution < 1.29 is 19.4 Å². The molecule has 0 saturated heterocycles. The molecule has 0 aliphatic carbocycles. The maximum atomic E-state index is 10.3. The second-order valence-electron chi connectivity index (χ2n) is 2.99. The number of hydrogen-bond donors (Lipinski definition) is 3. The fraction of sp³-hybridized carbons (Fsp3) is 0.100. The Balaban J connectivity index is 2.62. The van der Waals surface area contributed by atoms with E-state index in [1.165, 1.54) is 6.21 Å². The summed E-state index contributed by atoms with van der Waals surface area (Å²) in [5.74, 6) is -0.658. The molecule has 1 rings (SSSR count). The molecule has 0 radical (unpaired) electrons. The average Bonchev–Trinajstić information content (AvgIpc) is 2.26. The van der Waals surface area contributed by atoms with Gasteiger partial charge in [0.25, 0.3) is 0 Å². The van der Waals surface area contributed by atoms with Crippen molar-refractivity contribution in [3.63, 3.8) is 0 Å². The van der Waals surface area contributed by atoms with E-state index in [4.69, 9.17) is 15.6 Å². The Bertz CT molecular complexity index is 445. The van der Waals surface area contributed by atoms with Crippen molar-refractivity contribution in [3.8, 4) is 5.75 Å². The standard InChI is InChI=1S/C10H11N3O4/c11-10(16)13-12-5-7-2-1-3-8(4-7)17-6-9(14)15/h1-5H,6H2,(H,14,15)(H3,11,13,16)/b12-5-. The summed E-state index contributed by atoms with van der Waals surface area (Å²) in [6.45, 7) is -0.417. The minimum absolute atomic E-state index is 0.399. The number of carboxylic acid groups (broad SMARTS) is 1. The molecule has 7 nitrogen and oxygen atoms in total. The Morgan fingerprint density at radius 3 is 2.94 bits per heavy atom. The fourth-order valence-electron chi connectivity index (χ4n) is 1.00. The third kappa shape index (κ3) is 5.17. The number of amides is 2. The summed E-state index contributed by atoms with van der Waals surface area (Å²) in [5, 5.41) is 12.0. The molecule has 0 atom stereocenters. The number of nitrogens with two attached hydrogens (primary N) is 1. The molecule has 1 aromatic carbocycles. The van der Waals surface area contributed by atoms with E-state index in [1.54, 1.807) is 24.3 Å². The molecule has 2 amide bonds. The molecule has 0 unspecified atom stereocenters. The second-order valence-corrected chi connectivity index (χ2v) is 2.99. The Morgan fingerprint density at radius 2 is 2.29 bits per heavy atom. The van der Waals surface area contributed by atoms with Crippen LogP contribution in [0.1, 0.15) is 5.56 Å². The highest BCUT2D eigenvalue weighted by Gasteiger charge is 1.99. The van der Waals surface area contributed by atoms with Crippen LogP contribution in [0.5, 0.6) is 5.75 Å². The molecule has 0 fully saturated rings. The van der Waals surface area contributed by atoms with E-state index < -0.39 is 18.6 Å². The van der Waals surface area contributed by atoms with E-state index in [-0.39, 0.29) is 0 Å².